The highest BCUT2D eigenvalue weighted by Crippen LogP contribution is 2.31. The lowest BCUT2D eigenvalue weighted by atomic mass is 10.0. The van der Waals surface area contributed by atoms with Crippen LogP contribution in [0.3, 0.4) is 0 Å². The maximum Gasteiger partial charge on any atom is 0.233 e. The molecule has 0 aliphatic carbocycles. The van der Waals surface area contributed by atoms with Crippen LogP contribution >= 0.6 is 0 Å². The molecule has 1 amide bonds. The van der Waals surface area contributed by atoms with E-state index in [1.807, 2.05) is 4.90 Å². The van der Waals surface area contributed by atoms with Crippen LogP contribution < -0.4 is 26.7 Å². The molecule has 0 radical (unpaired) electrons. The van der Waals surface area contributed by atoms with Crippen molar-refractivity contribution in [2.75, 3.05) is 62.7 Å². The Hall–Kier alpha value is -1.96. The number of carbonyl (C=O) groups excluding carboxylic acids is 1. The van der Waals surface area contributed by atoms with Gasteiger partial charge in [0.05, 0.1) is 42.9 Å². The summed E-state index contributed by atoms with van der Waals surface area (Å²) in [7, 11) is 0. The molecule has 5 N–H and O–H groups in total. The Morgan fingerprint density at radius 3 is 2.84 bits per heavy atom. The zero-order valence-corrected chi connectivity index (χ0v) is 17.8. The molecule has 0 saturated carbocycles. The van der Waals surface area contributed by atoms with Crippen LogP contribution in [0, 0.1) is 11.7 Å². The van der Waals surface area contributed by atoms with Crippen LogP contribution in [0.4, 0.5) is 20.2 Å². The first-order valence-corrected chi connectivity index (χ1v) is 11.2. The molecule has 1 aromatic heterocycles. The van der Waals surface area contributed by atoms with E-state index >= 15 is 0 Å². The van der Waals surface area contributed by atoms with Crippen molar-refractivity contribution in [1.29, 1.82) is 0 Å². The number of hydrazine groups is 1. The van der Waals surface area contributed by atoms with Crippen molar-refractivity contribution in [2.45, 2.75) is 31.0 Å². The Morgan fingerprint density at radius 1 is 1.28 bits per heavy atom. The highest BCUT2D eigenvalue weighted by atomic mass is 19.1. The maximum atomic E-state index is 14.9. The van der Waals surface area contributed by atoms with Crippen molar-refractivity contribution in [1.82, 2.24) is 25.6 Å². The first kappa shape index (κ1) is 21.9. The van der Waals surface area contributed by atoms with Gasteiger partial charge in [-0.25, -0.2) is 19.2 Å². The summed E-state index contributed by atoms with van der Waals surface area (Å²) < 4.78 is 34.1. The van der Waals surface area contributed by atoms with Crippen molar-refractivity contribution < 1.29 is 18.3 Å². The van der Waals surface area contributed by atoms with Crippen molar-refractivity contribution in [2.24, 2.45) is 11.7 Å². The number of nitrogens with two attached hydrogens (primary N) is 1. The van der Waals surface area contributed by atoms with E-state index in [2.05, 4.69) is 25.9 Å². The quantitative estimate of drug-likeness (QED) is 0.460. The molecule has 4 aliphatic heterocycles. The average Bonchev–Trinajstić information content (AvgIpc) is 3.41. The van der Waals surface area contributed by atoms with Crippen LogP contribution in [0.15, 0.2) is 12.4 Å². The van der Waals surface area contributed by atoms with Crippen molar-refractivity contribution in [3.05, 3.63) is 18.2 Å². The molecule has 5 atom stereocenters. The zero-order valence-electron chi connectivity index (χ0n) is 17.8. The molecule has 1 aromatic rings. The Kier molecular flexibility index (Phi) is 6.23. The van der Waals surface area contributed by atoms with Crippen molar-refractivity contribution in [3.8, 4) is 0 Å². The number of nitrogens with zero attached hydrogens (tertiary/aromatic N) is 4. The van der Waals surface area contributed by atoms with Gasteiger partial charge in [0.25, 0.3) is 0 Å². The Morgan fingerprint density at radius 2 is 2.09 bits per heavy atom. The SMILES string of the molecule is NC1NN2CC(F)CNC2C1C(=O)Nc1cncc(F)c1N1CCN(C2CCOC2)CC1. The molecule has 0 aromatic carbocycles. The number of aromatic nitrogens is 1. The minimum Gasteiger partial charge on any atom is -0.380 e. The number of fused-ring (bicyclic) bond motifs is 1. The number of nitrogens with one attached hydrogen (secondary N) is 3. The minimum atomic E-state index is -1.04. The largest absolute Gasteiger partial charge is 0.380 e. The normalized spacial score (nSPS) is 34.0. The number of hydrogen-bond acceptors (Lipinski definition) is 9. The molecule has 12 heteroatoms. The number of pyridine rings is 1. The van der Waals surface area contributed by atoms with E-state index < -0.39 is 30.2 Å². The fraction of sp³-hybridized carbons (Fsp3) is 0.700. The molecule has 4 fully saturated rings. The van der Waals surface area contributed by atoms with Crippen LogP contribution in [0.25, 0.3) is 0 Å². The van der Waals surface area contributed by atoms with Crippen molar-refractivity contribution >= 4 is 17.3 Å². The predicted octanol–water partition coefficient (Wildman–Crippen LogP) is -0.941. The van der Waals surface area contributed by atoms with E-state index in [9.17, 15) is 13.6 Å². The van der Waals surface area contributed by atoms with E-state index in [4.69, 9.17) is 10.5 Å². The molecule has 32 heavy (non-hydrogen) atoms. The summed E-state index contributed by atoms with van der Waals surface area (Å²) in [6.07, 6.45) is 1.50. The summed E-state index contributed by atoms with van der Waals surface area (Å²) in [5.41, 5.74) is 9.75. The second-order valence-electron chi connectivity index (χ2n) is 8.83. The smallest absolute Gasteiger partial charge is 0.233 e. The number of anilines is 2. The summed E-state index contributed by atoms with van der Waals surface area (Å²) in [4.78, 5) is 21.4. The third-order valence-electron chi connectivity index (χ3n) is 6.81. The lowest BCUT2D eigenvalue weighted by Crippen LogP contribution is -2.58. The lowest BCUT2D eigenvalue weighted by Gasteiger charge is -2.39. The first-order valence-electron chi connectivity index (χ1n) is 11.2. The molecule has 4 aliphatic rings. The summed E-state index contributed by atoms with van der Waals surface area (Å²) in [5, 5.41) is 7.49. The monoisotopic (exact) mass is 452 g/mol. The molecule has 5 heterocycles. The minimum absolute atomic E-state index is 0.151. The van der Waals surface area contributed by atoms with Crippen molar-refractivity contribution in [3.63, 3.8) is 0 Å². The summed E-state index contributed by atoms with van der Waals surface area (Å²) >= 11 is 0. The zero-order chi connectivity index (χ0) is 22.2. The number of rotatable bonds is 4. The summed E-state index contributed by atoms with van der Waals surface area (Å²) in [6.45, 7) is 4.72. The van der Waals surface area contributed by atoms with Gasteiger partial charge in [-0.15, -0.1) is 0 Å². The molecule has 5 unspecified atom stereocenters. The van der Waals surface area contributed by atoms with E-state index in [0.29, 0.717) is 30.5 Å². The van der Waals surface area contributed by atoms with Crippen LogP contribution in [0.1, 0.15) is 6.42 Å². The maximum absolute atomic E-state index is 14.9. The molecular weight excluding hydrogens is 422 g/mol. The van der Waals surface area contributed by atoms with Crippen LogP contribution in [-0.4, -0.2) is 97.8 Å². The predicted molar refractivity (Wildman–Crippen MR) is 114 cm³/mol. The molecule has 0 bridgehead atoms. The molecule has 0 spiro atoms. The van der Waals surface area contributed by atoms with Crippen LogP contribution in [-0.2, 0) is 9.53 Å². The van der Waals surface area contributed by atoms with Crippen LogP contribution in [0.5, 0.6) is 0 Å². The van der Waals surface area contributed by atoms with E-state index in [-0.39, 0.29) is 19.0 Å². The Labute approximate surface area is 185 Å². The number of alkyl halides is 1. The fourth-order valence-corrected chi connectivity index (χ4v) is 5.16. The molecule has 5 rings (SSSR count). The van der Waals surface area contributed by atoms with Gasteiger partial charge in [0.1, 0.15) is 11.9 Å². The van der Waals surface area contributed by atoms with E-state index in [1.165, 1.54) is 6.20 Å². The van der Waals surface area contributed by atoms with Crippen LogP contribution in [0.2, 0.25) is 0 Å². The van der Waals surface area contributed by atoms with Gasteiger partial charge in [0, 0.05) is 51.9 Å². The standard InChI is InChI=1S/C20H30F2N8O2/c21-12-7-25-19-16(18(23)27-30(19)10-12)20(31)26-15-9-24-8-14(22)17(15)29-4-2-28(3-5-29)13-1-6-32-11-13/h8-9,12-13,16,18-19,25,27H,1-7,10-11,23H2,(H,26,31). The van der Waals surface area contributed by atoms with Gasteiger partial charge in [0.15, 0.2) is 5.82 Å². The number of hydrogen-bond donors (Lipinski definition) is 4. The fourth-order valence-electron chi connectivity index (χ4n) is 5.16. The number of amides is 1. The third kappa shape index (κ3) is 4.18. The van der Waals surface area contributed by atoms with Gasteiger partial charge in [-0.3, -0.25) is 20.0 Å². The second-order valence-corrected chi connectivity index (χ2v) is 8.83. The number of carbonyl (C=O) groups is 1. The average molecular weight is 453 g/mol. The molecular formula is C20H30F2N8O2. The van der Waals surface area contributed by atoms with Gasteiger partial charge in [-0.2, -0.15) is 0 Å². The summed E-state index contributed by atoms with van der Waals surface area (Å²) in [5.74, 6) is -1.51. The molecule has 10 nitrogen and oxygen atoms in total. The lowest BCUT2D eigenvalue weighted by molar-refractivity contribution is -0.121. The van der Waals surface area contributed by atoms with Gasteiger partial charge < -0.3 is 20.7 Å². The summed E-state index contributed by atoms with van der Waals surface area (Å²) in [6, 6.07) is 0.421. The van der Waals surface area contributed by atoms with Gasteiger partial charge in [0.2, 0.25) is 5.91 Å². The Balaban J connectivity index is 1.29. The van der Waals surface area contributed by atoms with E-state index in [1.54, 1.807) is 5.01 Å². The number of halogens is 2. The topological polar surface area (TPSA) is 111 Å². The van der Waals surface area contributed by atoms with E-state index in [0.717, 1.165) is 38.9 Å². The van der Waals surface area contributed by atoms with Gasteiger partial charge in [-0.05, 0) is 6.42 Å². The van der Waals surface area contributed by atoms with Gasteiger partial charge >= 0.3 is 0 Å². The molecule has 4 saturated heterocycles. The highest BCUT2D eigenvalue weighted by molar-refractivity contribution is 5.96. The first-order chi connectivity index (χ1) is 15.5. The highest BCUT2D eigenvalue weighted by Gasteiger charge is 2.47. The van der Waals surface area contributed by atoms with Gasteiger partial charge in [-0.1, -0.05) is 0 Å². The second kappa shape index (κ2) is 9.12. The third-order valence-corrected chi connectivity index (χ3v) is 6.81. The Bertz CT molecular complexity index is 834. The molecule has 176 valence electrons. The number of piperazine rings is 1. The number of ether oxygens (including phenoxy) is 1.